The monoisotopic (exact) mass is 423 g/mol. The van der Waals surface area contributed by atoms with E-state index in [0.29, 0.717) is 22.8 Å². The number of carbonyl (C=O) groups is 3. The summed E-state index contributed by atoms with van der Waals surface area (Å²) >= 11 is 0. The summed E-state index contributed by atoms with van der Waals surface area (Å²) in [7, 11) is 0. The van der Waals surface area contributed by atoms with E-state index in [1.165, 1.54) is 0 Å². The van der Waals surface area contributed by atoms with Crippen molar-refractivity contribution in [2.75, 3.05) is 0 Å². The van der Waals surface area contributed by atoms with E-state index in [4.69, 9.17) is 0 Å². The van der Waals surface area contributed by atoms with Gasteiger partial charge in [-0.15, -0.1) is 0 Å². The predicted octanol–water partition coefficient (Wildman–Crippen LogP) is 3.55. The molecule has 0 spiro atoms. The van der Waals surface area contributed by atoms with Gasteiger partial charge in [0.15, 0.2) is 5.78 Å². The van der Waals surface area contributed by atoms with Gasteiger partial charge in [-0.05, 0) is 23.3 Å². The number of ketones is 1. The van der Waals surface area contributed by atoms with Crippen molar-refractivity contribution in [3.05, 3.63) is 107 Å². The second kappa shape index (κ2) is 9.75. The van der Waals surface area contributed by atoms with Gasteiger partial charge in [0, 0.05) is 23.6 Å². The molecule has 0 saturated carbocycles. The molecule has 0 aromatic heterocycles. The molecule has 3 aromatic carbocycles. The third-order valence-corrected chi connectivity index (χ3v) is 4.61. The number of aliphatic carboxylic acids is 1. The van der Waals surface area contributed by atoms with E-state index in [1.807, 2.05) is 6.07 Å². The zero-order valence-corrected chi connectivity index (χ0v) is 16.3. The van der Waals surface area contributed by atoms with Crippen molar-refractivity contribution in [2.45, 2.75) is 18.9 Å². The molecule has 0 saturated heterocycles. The van der Waals surface area contributed by atoms with Gasteiger partial charge in [-0.3, -0.25) is 9.59 Å². The van der Waals surface area contributed by atoms with Gasteiger partial charge in [0.25, 0.3) is 0 Å². The smallest absolute Gasteiger partial charge is 0.326 e. The summed E-state index contributed by atoms with van der Waals surface area (Å²) in [5, 5.41) is 11.8. The van der Waals surface area contributed by atoms with E-state index in [9.17, 15) is 28.3 Å². The van der Waals surface area contributed by atoms with Crippen molar-refractivity contribution in [1.82, 2.24) is 5.32 Å². The number of hydrogen-bond acceptors (Lipinski definition) is 3. The highest BCUT2D eigenvalue weighted by atomic mass is 19.1. The number of amides is 1. The maximum atomic E-state index is 13.3. The van der Waals surface area contributed by atoms with E-state index in [1.54, 1.807) is 48.5 Å². The number of carboxylic acids is 1. The third-order valence-electron chi connectivity index (χ3n) is 4.61. The SMILES string of the molecule is O=C(Cc1cc(F)cc(F)c1)N[C@@H](Cc1ccc(C(=O)c2ccccc2)cc1)C(=O)O. The highest BCUT2D eigenvalue weighted by Gasteiger charge is 2.21. The molecule has 1 atom stereocenters. The van der Waals surface area contributed by atoms with Crippen LogP contribution in [0.2, 0.25) is 0 Å². The van der Waals surface area contributed by atoms with Gasteiger partial charge in [0.05, 0.1) is 6.42 Å². The summed E-state index contributed by atoms with van der Waals surface area (Å²) in [6.07, 6.45) is -0.374. The first-order valence-corrected chi connectivity index (χ1v) is 9.47. The Labute approximate surface area is 177 Å². The molecule has 7 heteroatoms. The lowest BCUT2D eigenvalue weighted by Crippen LogP contribution is -2.43. The van der Waals surface area contributed by atoms with E-state index in [2.05, 4.69) is 5.32 Å². The molecule has 0 aliphatic carbocycles. The standard InChI is InChI=1S/C24H19F2NO4/c25-19-10-16(11-20(26)14-19)13-22(28)27-21(24(30)31)12-15-6-8-18(9-7-15)23(29)17-4-2-1-3-5-17/h1-11,14,21H,12-13H2,(H,27,28)(H,30,31)/t21-/m0/s1. The van der Waals surface area contributed by atoms with Crippen LogP contribution in [0, 0.1) is 11.6 Å². The van der Waals surface area contributed by atoms with Gasteiger partial charge < -0.3 is 10.4 Å². The molecular formula is C24H19F2NO4. The van der Waals surface area contributed by atoms with Crippen LogP contribution in [0.15, 0.2) is 72.8 Å². The first kappa shape index (κ1) is 21.8. The minimum absolute atomic E-state index is 0.0155. The molecule has 1 amide bonds. The summed E-state index contributed by atoms with van der Waals surface area (Å²) < 4.78 is 26.5. The highest BCUT2D eigenvalue weighted by Crippen LogP contribution is 2.13. The molecule has 0 bridgehead atoms. The number of hydrogen-bond donors (Lipinski definition) is 2. The fraction of sp³-hybridized carbons (Fsp3) is 0.125. The molecule has 158 valence electrons. The van der Waals surface area contributed by atoms with E-state index < -0.39 is 29.6 Å². The van der Waals surface area contributed by atoms with E-state index >= 15 is 0 Å². The van der Waals surface area contributed by atoms with Crippen LogP contribution in [0.3, 0.4) is 0 Å². The summed E-state index contributed by atoms with van der Waals surface area (Å²) in [6.45, 7) is 0. The number of carbonyl (C=O) groups excluding carboxylic acids is 2. The quantitative estimate of drug-likeness (QED) is 0.543. The van der Waals surface area contributed by atoms with Crippen molar-refractivity contribution >= 4 is 17.7 Å². The van der Waals surface area contributed by atoms with Crippen molar-refractivity contribution in [3.63, 3.8) is 0 Å². The molecule has 3 rings (SSSR count). The predicted molar refractivity (Wildman–Crippen MR) is 110 cm³/mol. The van der Waals surface area contributed by atoms with Gasteiger partial charge in [-0.2, -0.15) is 0 Å². The zero-order valence-electron chi connectivity index (χ0n) is 16.3. The Morgan fingerprint density at radius 1 is 0.806 bits per heavy atom. The highest BCUT2D eigenvalue weighted by molar-refractivity contribution is 6.08. The van der Waals surface area contributed by atoms with Gasteiger partial charge in [0.2, 0.25) is 5.91 Å². The van der Waals surface area contributed by atoms with Crippen LogP contribution in [-0.4, -0.2) is 28.8 Å². The van der Waals surface area contributed by atoms with E-state index in [0.717, 1.165) is 12.1 Å². The van der Waals surface area contributed by atoms with Crippen LogP contribution in [0.4, 0.5) is 8.78 Å². The minimum atomic E-state index is -1.25. The van der Waals surface area contributed by atoms with Crippen molar-refractivity contribution in [1.29, 1.82) is 0 Å². The van der Waals surface area contributed by atoms with Crippen LogP contribution in [0.1, 0.15) is 27.0 Å². The van der Waals surface area contributed by atoms with Crippen LogP contribution in [-0.2, 0) is 22.4 Å². The molecule has 0 fully saturated rings. The van der Waals surface area contributed by atoms with Gasteiger partial charge in [0.1, 0.15) is 17.7 Å². The number of halogens is 2. The Balaban J connectivity index is 1.65. The maximum absolute atomic E-state index is 13.3. The number of rotatable bonds is 8. The van der Waals surface area contributed by atoms with Crippen molar-refractivity contribution in [2.24, 2.45) is 0 Å². The molecule has 0 aliphatic rings. The van der Waals surface area contributed by atoms with Gasteiger partial charge in [-0.1, -0.05) is 54.6 Å². The molecule has 0 radical (unpaired) electrons. The molecule has 31 heavy (non-hydrogen) atoms. The first-order valence-electron chi connectivity index (χ1n) is 9.47. The fourth-order valence-corrected chi connectivity index (χ4v) is 3.13. The molecule has 2 N–H and O–H groups in total. The molecular weight excluding hydrogens is 404 g/mol. The van der Waals surface area contributed by atoms with Crippen LogP contribution in [0.25, 0.3) is 0 Å². The number of benzene rings is 3. The average Bonchev–Trinajstić information content (AvgIpc) is 2.73. The summed E-state index contributed by atoms with van der Waals surface area (Å²) in [5.41, 5.74) is 1.70. The number of nitrogens with one attached hydrogen (secondary N) is 1. The van der Waals surface area contributed by atoms with Crippen LogP contribution < -0.4 is 5.32 Å². The summed E-state index contributed by atoms with van der Waals surface area (Å²) in [6, 6.07) is 16.7. The van der Waals surface area contributed by atoms with Gasteiger partial charge >= 0.3 is 5.97 Å². The molecule has 3 aromatic rings. The third kappa shape index (κ3) is 6.05. The topological polar surface area (TPSA) is 83.5 Å². The van der Waals surface area contributed by atoms with Crippen molar-refractivity contribution < 1.29 is 28.3 Å². The second-order valence-electron chi connectivity index (χ2n) is 7.01. The van der Waals surface area contributed by atoms with Crippen LogP contribution in [0.5, 0.6) is 0 Å². The summed E-state index contributed by atoms with van der Waals surface area (Å²) in [4.78, 5) is 36.2. The first-order chi connectivity index (χ1) is 14.8. The Morgan fingerprint density at radius 2 is 1.39 bits per heavy atom. The Morgan fingerprint density at radius 3 is 1.97 bits per heavy atom. The Kier molecular flexibility index (Phi) is 6.87. The lowest BCUT2D eigenvalue weighted by molar-refractivity contribution is -0.141. The number of carboxylic acid groups (broad SMARTS) is 1. The van der Waals surface area contributed by atoms with Crippen LogP contribution >= 0.6 is 0 Å². The second-order valence-corrected chi connectivity index (χ2v) is 7.01. The molecule has 0 aliphatic heterocycles. The average molecular weight is 423 g/mol. The molecule has 0 heterocycles. The Hall–Kier alpha value is -3.87. The Bertz CT molecular complexity index is 1080. The maximum Gasteiger partial charge on any atom is 0.326 e. The molecule has 0 unspecified atom stereocenters. The van der Waals surface area contributed by atoms with Gasteiger partial charge in [-0.25, -0.2) is 13.6 Å². The zero-order chi connectivity index (χ0) is 22.4. The fourth-order valence-electron chi connectivity index (χ4n) is 3.13. The van der Waals surface area contributed by atoms with Crippen molar-refractivity contribution in [3.8, 4) is 0 Å². The van der Waals surface area contributed by atoms with E-state index in [-0.39, 0.29) is 24.2 Å². The minimum Gasteiger partial charge on any atom is -0.480 e. The lowest BCUT2D eigenvalue weighted by Gasteiger charge is -2.15. The molecule has 5 nitrogen and oxygen atoms in total. The normalized spacial score (nSPS) is 11.5. The largest absolute Gasteiger partial charge is 0.480 e. The summed E-state index contributed by atoms with van der Waals surface area (Å²) in [5.74, 6) is -3.71. The lowest BCUT2D eigenvalue weighted by atomic mass is 9.99.